The number of aromatic amines is 1. The van der Waals surface area contributed by atoms with Crippen molar-refractivity contribution in [2.45, 2.75) is 39.7 Å². The molecular formula is C20H25N5O2. The number of para-hydroxylation sites is 1. The standard InChI is InChI=1S/C20H25N5O2/c1-3-11-21-20(27)19-17(13-25(4-2)24-19)23-18(26)10-9-14-12-22-16-8-6-5-7-15(14)16/h5-8,12-13,22H,3-4,9-11H2,1-2H3,(H,21,27)(H,23,26). The van der Waals surface area contributed by atoms with Gasteiger partial charge in [0.1, 0.15) is 0 Å². The monoisotopic (exact) mass is 367 g/mol. The Kier molecular flexibility index (Phi) is 5.90. The van der Waals surface area contributed by atoms with Crippen LogP contribution in [0, 0.1) is 0 Å². The molecule has 7 nitrogen and oxygen atoms in total. The number of nitrogens with zero attached hydrogens (tertiary/aromatic N) is 2. The van der Waals surface area contributed by atoms with Crippen LogP contribution in [-0.4, -0.2) is 33.1 Å². The fourth-order valence-corrected chi connectivity index (χ4v) is 2.96. The van der Waals surface area contributed by atoms with Gasteiger partial charge in [-0.2, -0.15) is 5.10 Å². The third-order valence-electron chi connectivity index (χ3n) is 4.41. The predicted molar refractivity (Wildman–Crippen MR) is 106 cm³/mol. The summed E-state index contributed by atoms with van der Waals surface area (Å²) < 4.78 is 1.65. The van der Waals surface area contributed by atoms with Crippen molar-refractivity contribution in [1.82, 2.24) is 20.1 Å². The van der Waals surface area contributed by atoms with E-state index >= 15 is 0 Å². The Morgan fingerprint density at radius 1 is 1.22 bits per heavy atom. The average molecular weight is 367 g/mol. The molecule has 0 fully saturated rings. The van der Waals surface area contributed by atoms with E-state index < -0.39 is 0 Å². The Labute approximate surface area is 158 Å². The second-order valence-corrected chi connectivity index (χ2v) is 6.41. The number of fused-ring (bicyclic) bond motifs is 1. The lowest BCUT2D eigenvalue weighted by Crippen LogP contribution is -2.26. The van der Waals surface area contributed by atoms with Gasteiger partial charge in [-0.05, 0) is 31.4 Å². The Morgan fingerprint density at radius 3 is 2.81 bits per heavy atom. The molecule has 7 heteroatoms. The summed E-state index contributed by atoms with van der Waals surface area (Å²) in [4.78, 5) is 27.9. The smallest absolute Gasteiger partial charge is 0.273 e. The number of H-pyrrole nitrogens is 1. The van der Waals surface area contributed by atoms with Crippen LogP contribution in [0.3, 0.4) is 0 Å². The second-order valence-electron chi connectivity index (χ2n) is 6.41. The highest BCUT2D eigenvalue weighted by Gasteiger charge is 2.18. The first-order valence-corrected chi connectivity index (χ1v) is 9.32. The van der Waals surface area contributed by atoms with Gasteiger partial charge in [-0.1, -0.05) is 25.1 Å². The van der Waals surface area contributed by atoms with Gasteiger partial charge < -0.3 is 15.6 Å². The number of amides is 2. The highest BCUT2D eigenvalue weighted by molar-refractivity contribution is 6.02. The second kappa shape index (κ2) is 8.53. The maximum absolute atomic E-state index is 12.4. The van der Waals surface area contributed by atoms with E-state index in [1.54, 1.807) is 10.9 Å². The third-order valence-corrected chi connectivity index (χ3v) is 4.41. The van der Waals surface area contributed by atoms with Gasteiger partial charge in [0, 0.05) is 42.8 Å². The van der Waals surface area contributed by atoms with Crippen LogP contribution < -0.4 is 10.6 Å². The summed E-state index contributed by atoms with van der Waals surface area (Å²) in [5, 5.41) is 11.0. The van der Waals surface area contributed by atoms with Gasteiger partial charge in [0.25, 0.3) is 5.91 Å². The number of hydrogen-bond donors (Lipinski definition) is 3. The summed E-state index contributed by atoms with van der Waals surface area (Å²) in [6.45, 7) is 5.12. The number of hydrogen-bond acceptors (Lipinski definition) is 3. The Bertz CT molecular complexity index is 941. The fourth-order valence-electron chi connectivity index (χ4n) is 2.96. The Morgan fingerprint density at radius 2 is 2.04 bits per heavy atom. The van der Waals surface area contributed by atoms with Crippen LogP contribution in [0.15, 0.2) is 36.7 Å². The molecule has 3 N–H and O–H groups in total. The van der Waals surface area contributed by atoms with Crippen molar-refractivity contribution in [3.8, 4) is 0 Å². The summed E-state index contributed by atoms with van der Waals surface area (Å²) in [5.74, 6) is -0.406. The number of aryl methyl sites for hydroxylation is 2. The number of benzene rings is 1. The molecule has 0 radical (unpaired) electrons. The molecule has 0 unspecified atom stereocenters. The van der Waals surface area contributed by atoms with E-state index in [1.165, 1.54) is 0 Å². The van der Waals surface area contributed by atoms with Crippen molar-refractivity contribution in [1.29, 1.82) is 0 Å². The van der Waals surface area contributed by atoms with E-state index in [1.807, 2.05) is 44.3 Å². The lowest BCUT2D eigenvalue weighted by atomic mass is 10.1. The molecule has 2 aromatic heterocycles. The average Bonchev–Trinajstić information content (AvgIpc) is 3.28. The van der Waals surface area contributed by atoms with E-state index in [2.05, 4.69) is 20.7 Å². The first-order chi connectivity index (χ1) is 13.1. The minimum Gasteiger partial charge on any atom is -0.361 e. The van der Waals surface area contributed by atoms with E-state index in [0.717, 1.165) is 22.9 Å². The van der Waals surface area contributed by atoms with Crippen molar-refractivity contribution >= 4 is 28.4 Å². The molecule has 142 valence electrons. The molecule has 2 heterocycles. The van der Waals surface area contributed by atoms with E-state index in [-0.39, 0.29) is 17.5 Å². The fraction of sp³-hybridized carbons (Fsp3) is 0.350. The molecule has 3 aromatic rings. The molecule has 0 aliphatic carbocycles. The molecule has 3 rings (SSSR count). The summed E-state index contributed by atoms with van der Waals surface area (Å²) >= 11 is 0. The number of carbonyl (C=O) groups is 2. The Hall–Kier alpha value is -3.09. The normalized spacial score (nSPS) is 10.9. The largest absolute Gasteiger partial charge is 0.361 e. The zero-order valence-electron chi connectivity index (χ0n) is 15.7. The molecule has 0 spiro atoms. The number of nitrogens with one attached hydrogen (secondary N) is 3. The highest BCUT2D eigenvalue weighted by Crippen LogP contribution is 2.20. The quantitative estimate of drug-likeness (QED) is 0.571. The van der Waals surface area contributed by atoms with Crippen LogP contribution in [0.1, 0.15) is 42.7 Å². The molecular weight excluding hydrogens is 342 g/mol. The lowest BCUT2D eigenvalue weighted by Gasteiger charge is -2.06. The molecule has 1 aromatic carbocycles. The van der Waals surface area contributed by atoms with Crippen molar-refractivity contribution in [2.75, 3.05) is 11.9 Å². The van der Waals surface area contributed by atoms with Gasteiger partial charge in [-0.15, -0.1) is 0 Å². The minimum atomic E-state index is -0.268. The molecule has 2 amide bonds. The van der Waals surface area contributed by atoms with E-state index in [4.69, 9.17) is 0 Å². The van der Waals surface area contributed by atoms with Gasteiger partial charge in [-0.3, -0.25) is 14.3 Å². The number of aromatic nitrogens is 3. The maximum Gasteiger partial charge on any atom is 0.273 e. The van der Waals surface area contributed by atoms with Crippen LogP contribution in [0.5, 0.6) is 0 Å². The summed E-state index contributed by atoms with van der Waals surface area (Å²) in [6, 6.07) is 8.02. The van der Waals surface area contributed by atoms with Gasteiger partial charge >= 0.3 is 0 Å². The van der Waals surface area contributed by atoms with Crippen LogP contribution in [0.25, 0.3) is 10.9 Å². The molecule has 0 saturated heterocycles. The molecule has 0 aliphatic rings. The van der Waals surface area contributed by atoms with Gasteiger partial charge in [-0.25, -0.2) is 0 Å². The van der Waals surface area contributed by atoms with E-state index in [0.29, 0.717) is 31.6 Å². The van der Waals surface area contributed by atoms with Gasteiger partial charge in [0.2, 0.25) is 5.91 Å². The SMILES string of the molecule is CCCNC(=O)c1nn(CC)cc1NC(=O)CCc1c[nH]c2ccccc12. The van der Waals surface area contributed by atoms with E-state index in [9.17, 15) is 9.59 Å². The minimum absolute atomic E-state index is 0.138. The van der Waals surface area contributed by atoms with Crippen LogP contribution in [-0.2, 0) is 17.8 Å². The molecule has 0 saturated carbocycles. The highest BCUT2D eigenvalue weighted by atomic mass is 16.2. The first kappa shape index (κ1) is 18.7. The van der Waals surface area contributed by atoms with Gasteiger partial charge in [0.15, 0.2) is 5.69 Å². The van der Waals surface area contributed by atoms with Crippen LogP contribution >= 0.6 is 0 Å². The molecule has 0 bridgehead atoms. The summed E-state index contributed by atoms with van der Waals surface area (Å²) in [5.41, 5.74) is 2.87. The zero-order chi connectivity index (χ0) is 19.2. The van der Waals surface area contributed by atoms with Crippen molar-refractivity contribution < 1.29 is 9.59 Å². The molecule has 0 aliphatic heterocycles. The number of anilines is 1. The Balaban J connectivity index is 1.66. The number of rotatable bonds is 8. The van der Waals surface area contributed by atoms with Crippen molar-refractivity contribution in [2.24, 2.45) is 0 Å². The summed E-state index contributed by atoms with van der Waals surface area (Å²) in [6.07, 6.45) is 5.43. The first-order valence-electron chi connectivity index (χ1n) is 9.32. The zero-order valence-corrected chi connectivity index (χ0v) is 15.7. The topological polar surface area (TPSA) is 91.8 Å². The van der Waals surface area contributed by atoms with Crippen LogP contribution in [0.2, 0.25) is 0 Å². The van der Waals surface area contributed by atoms with Crippen molar-refractivity contribution in [3.05, 3.63) is 47.9 Å². The lowest BCUT2D eigenvalue weighted by molar-refractivity contribution is -0.116. The van der Waals surface area contributed by atoms with Crippen LogP contribution in [0.4, 0.5) is 5.69 Å². The van der Waals surface area contributed by atoms with Gasteiger partial charge in [0.05, 0.1) is 5.69 Å². The van der Waals surface area contributed by atoms with Crippen molar-refractivity contribution in [3.63, 3.8) is 0 Å². The maximum atomic E-state index is 12.4. The summed E-state index contributed by atoms with van der Waals surface area (Å²) in [7, 11) is 0. The molecule has 0 atom stereocenters. The predicted octanol–water partition coefficient (Wildman–Crippen LogP) is 3.10. The number of carbonyl (C=O) groups excluding carboxylic acids is 2. The molecule has 27 heavy (non-hydrogen) atoms. The third kappa shape index (κ3) is 4.36.